The molecule has 0 spiro atoms. The monoisotopic (exact) mass is 423 g/mol. The summed E-state index contributed by atoms with van der Waals surface area (Å²) in [5, 5.41) is 2.33. The highest BCUT2D eigenvalue weighted by molar-refractivity contribution is 6.00. The summed E-state index contributed by atoms with van der Waals surface area (Å²) in [7, 11) is 0. The van der Waals surface area contributed by atoms with Crippen molar-refractivity contribution in [1.82, 2.24) is 4.90 Å². The van der Waals surface area contributed by atoms with Crippen molar-refractivity contribution in [3.63, 3.8) is 0 Å². The van der Waals surface area contributed by atoms with Gasteiger partial charge in [0.2, 0.25) is 5.91 Å². The second-order valence-corrected chi connectivity index (χ2v) is 7.04. The minimum Gasteiger partial charge on any atom is -0.368 e. The Morgan fingerprint density at radius 2 is 1.67 bits per heavy atom. The first-order valence-electron chi connectivity index (χ1n) is 9.39. The standard InChI is InChI=1S/C21H21F4N3O2/c1-14(29)20-16(22)6-4-8-18(20)28-11-9-27(10-12-28)13-19(30)26-17-7-3-2-5-15(17)21(23,24)25/h2-8H,9-13H2,1H3,(H,26,30). The summed E-state index contributed by atoms with van der Waals surface area (Å²) < 4.78 is 53.2. The molecule has 0 aliphatic carbocycles. The molecule has 2 aromatic rings. The normalized spacial score (nSPS) is 15.2. The van der Waals surface area contributed by atoms with Crippen LogP contribution in [0.15, 0.2) is 42.5 Å². The first kappa shape index (κ1) is 21.8. The van der Waals surface area contributed by atoms with Gasteiger partial charge in [0, 0.05) is 26.2 Å². The Kier molecular flexibility index (Phi) is 6.40. The molecule has 0 bridgehead atoms. The van der Waals surface area contributed by atoms with Gasteiger partial charge in [-0.15, -0.1) is 0 Å². The molecule has 1 aliphatic heterocycles. The summed E-state index contributed by atoms with van der Waals surface area (Å²) in [5.74, 6) is -1.49. The van der Waals surface area contributed by atoms with Gasteiger partial charge in [-0.1, -0.05) is 18.2 Å². The molecule has 0 unspecified atom stereocenters. The van der Waals surface area contributed by atoms with Crippen molar-refractivity contribution >= 4 is 23.1 Å². The molecule has 1 heterocycles. The summed E-state index contributed by atoms with van der Waals surface area (Å²) in [6, 6.07) is 9.27. The SMILES string of the molecule is CC(=O)c1c(F)cccc1N1CCN(CC(=O)Nc2ccccc2C(F)(F)F)CC1. The fraction of sp³-hybridized carbons (Fsp3) is 0.333. The van der Waals surface area contributed by atoms with Gasteiger partial charge in [-0.2, -0.15) is 13.2 Å². The van der Waals surface area contributed by atoms with Crippen molar-refractivity contribution in [2.24, 2.45) is 0 Å². The molecule has 0 atom stereocenters. The number of Topliss-reactive ketones (excluding diaryl/α,β-unsaturated/α-hetero) is 1. The summed E-state index contributed by atoms with van der Waals surface area (Å²) in [6.45, 7) is 3.04. The van der Waals surface area contributed by atoms with Gasteiger partial charge in [-0.05, 0) is 31.2 Å². The van der Waals surface area contributed by atoms with Gasteiger partial charge in [0.25, 0.3) is 0 Å². The Labute approximate surface area is 171 Å². The fourth-order valence-corrected chi connectivity index (χ4v) is 3.50. The van der Waals surface area contributed by atoms with E-state index in [0.29, 0.717) is 31.9 Å². The molecule has 2 aromatic carbocycles. The van der Waals surface area contributed by atoms with Crippen molar-refractivity contribution in [3.8, 4) is 0 Å². The van der Waals surface area contributed by atoms with Crippen LogP contribution in [0.5, 0.6) is 0 Å². The number of alkyl halides is 3. The Morgan fingerprint density at radius 3 is 2.30 bits per heavy atom. The van der Waals surface area contributed by atoms with Crippen LogP contribution in [0, 0.1) is 5.82 Å². The van der Waals surface area contributed by atoms with Crippen LogP contribution in [-0.4, -0.2) is 49.3 Å². The van der Waals surface area contributed by atoms with Gasteiger partial charge < -0.3 is 10.2 Å². The molecule has 1 aliphatic rings. The second kappa shape index (κ2) is 8.83. The largest absolute Gasteiger partial charge is 0.418 e. The van der Waals surface area contributed by atoms with Crippen LogP contribution in [0.25, 0.3) is 0 Å². The summed E-state index contributed by atoms with van der Waals surface area (Å²) in [5.41, 5.74) is -0.635. The highest BCUT2D eigenvalue weighted by Gasteiger charge is 2.33. The van der Waals surface area contributed by atoms with E-state index < -0.39 is 23.5 Å². The number of amides is 1. The zero-order chi connectivity index (χ0) is 21.9. The molecule has 5 nitrogen and oxygen atoms in total. The highest BCUT2D eigenvalue weighted by atomic mass is 19.4. The maximum Gasteiger partial charge on any atom is 0.418 e. The first-order chi connectivity index (χ1) is 14.2. The summed E-state index contributed by atoms with van der Waals surface area (Å²) >= 11 is 0. The number of hydrogen-bond donors (Lipinski definition) is 1. The highest BCUT2D eigenvalue weighted by Crippen LogP contribution is 2.34. The molecule has 1 saturated heterocycles. The molecular formula is C21H21F4N3O2. The lowest BCUT2D eigenvalue weighted by molar-refractivity contribution is -0.137. The molecule has 0 radical (unpaired) electrons. The van der Waals surface area contributed by atoms with Crippen LogP contribution in [0.2, 0.25) is 0 Å². The zero-order valence-corrected chi connectivity index (χ0v) is 16.3. The first-order valence-corrected chi connectivity index (χ1v) is 9.39. The quantitative estimate of drug-likeness (QED) is 0.587. The number of hydrogen-bond acceptors (Lipinski definition) is 4. The number of nitrogens with one attached hydrogen (secondary N) is 1. The Morgan fingerprint density at radius 1 is 1.00 bits per heavy atom. The van der Waals surface area contributed by atoms with Crippen LogP contribution in [0.4, 0.5) is 28.9 Å². The average molecular weight is 423 g/mol. The number of halogens is 4. The van der Waals surface area contributed by atoms with E-state index in [4.69, 9.17) is 0 Å². The van der Waals surface area contributed by atoms with Crippen LogP contribution >= 0.6 is 0 Å². The minimum atomic E-state index is -4.56. The Hall–Kier alpha value is -2.94. The van der Waals surface area contributed by atoms with E-state index >= 15 is 0 Å². The van der Waals surface area contributed by atoms with Crippen molar-refractivity contribution in [2.75, 3.05) is 42.9 Å². The number of ketones is 1. The predicted octanol–water partition coefficient (Wildman–Crippen LogP) is 3.81. The molecular weight excluding hydrogens is 402 g/mol. The molecule has 30 heavy (non-hydrogen) atoms. The van der Waals surface area contributed by atoms with E-state index in [1.807, 2.05) is 4.90 Å². The lowest BCUT2D eigenvalue weighted by Gasteiger charge is -2.36. The smallest absolute Gasteiger partial charge is 0.368 e. The van der Waals surface area contributed by atoms with Gasteiger partial charge in [-0.25, -0.2) is 4.39 Å². The van der Waals surface area contributed by atoms with Gasteiger partial charge in [0.05, 0.1) is 29.0 Å². The lowest BCUT2D eigenvalue weighted by atomic mass is 10.1. The minimum absolute atomic E-state index is 0.0347. The molecule has 160 valence electrons. The third-order valence-corrected chi connectivity index (χ3v) is 4.93. The molecule has 0 aromatic heterocycles. The summed E-state index contributed by atoms with van der Waals surface area (Å²) in [4.78, 5) is 27.7. The van der Waals surface area contributed by atoms with Gasteiger partial charge >= 0.3 is 6.18 Å². The van der Waals surface area contributed by atoms with E-state index in [0.717, 1.165) is 6.07 Å². The summed E-state index contributed by atoms with van der Waals surface area (Å²) in [6.07, 6.45) is -4.56. The second-order valence-electron chi connectivity index (χ2n) is 7.04. The Bertz CT molecular complexity index is 938. The number of benzene rings is 2. The molecule has 1 fully saturated rings. The lowest BCUT2D eigenvalue weighted by Crippen LogP contribution is -2.49. The Balaban J connectivity index is 1.61. The van der Waals surface area contributed by atoms with E-state index in [1.54, 1.807) is 11.0 Å². The fourth-order valence-electron chi connectivity index (χ4n) is 3.50. The van der Waals surface area contributed by atoms with E-state index in [-0.39, 0.29) is 23.6 Å². The van der Waals surface area contributed by atoms with Gasteiger partial charge in [-0.3, -0.25) is 14.5 Å². The maximum atomic E-state index is 14.0. The van der Waals surface area contributed by atoms with Crippen molar-refractivity contribution in [3.05, 3.63) is 59.4 Å². The van der Waals surface area contributed by atoms with Crippen molar-refractivity contribution < 1.29 is 27.2 Å². The van der Waals surface area contributed by atoms with Crippen molar-refractivity contribution in [2.45, 2.75) is 13.1 Å². The van der Waals surface area contributed by atoms with Crippen LogP contribution in [0.1, 0.15) is 22.8 Å². The third-order valence-electron chi connectivity index (χ3n) is 4.93. The number of piperazine rings is 1. The van der Waals surface area contributed by atoms with Crippen LogP contribution in [-0.2, 0) is 11.0 Å². The van der Waals surface area contributed by atoms with Crippen molar-refractivity contribution in [1.29, 1.82) is 0 Å². The molecule has 3 rings (SSSR count). The van der Waals surface area contributed by atoms with E-state index in [2.05, 4.69) is 5.32 Å². The number of nitrogens with zero attached hydrogens (tertiary/aromatic N) is 2. The molecule has 1 N–H and O–H groups in total. The number of anilines is 2. The van der Waals surface area contributed by atoms with Crippen LogP contribution in [0.3, 0.4) is 0 Å². The number of carbonyl (C=O) groups is 2. The zero-order valence-electron chi connectivity index (χ0n) is 16.3. The maximum absolute atomic E-state index is 14.0. The average Bonchev–Trinajstić information content (AvgIpc) is 2.67. The van der Waals surface area contributed by atoms with Gasteiger partial charge in [0.15, 0.2) is 5.78 Å². The molecule has 1 amide bonds. The predicted molar refractivity (Wildman–Crippen MR) is 105 cm³/mol. The van der Waals surface area contributed by atoms with E-state index in [9.17, 15) is 27.2 Å². The number of para-hydroxylation sites is 1. The third kappa shape index (κ3) is 4.96. The number of rotatable bonds is 5. The number of carbonyl (C=O) groups excluding carboxylic acids is 2. The molecule has 0 saturated carbocycles. The van der Waals surface area contributed by atoms with Gasteiger partial charge in [0.1, 0.15) is 5.82 Å². The molecule has 9 heteroatoms. The van der Waals surface area contributed by atoms with Crippen LogP contribution < -0.4 is 10.2 Å². The van der Waals surface area contributed by atoms with E-state index in [1.165, 1.54) is 37.3 Å². The topological polar surface area (TPSA) is 52.7 Å².